The Labute approximate surface area is 237 Å². The molecule has 0 aromatic carbocycles. The van der Waals surface area contributed by atoms with E-state index in [1.165, 1.54) is 29.4 Å². The molecule has 5 fully saturated rings. The maximum absolute atomic E-state index is 14.0. The van der Waals surface area contributed by atoms with Crippen molar-refractivity contribution in [2.24, 2.45) is 17.3 Å². The first-order valence-electron chi connectivity index (χ1n) is 13.7. The number of carbonyl (C=O) groups excluding carboxylic acids is 3. The van der Waals surface area contributed by atoms with Crippen LogP contribution in [0.1, 0.15) is 53.2 Å². The summed E-state index contributed by atoms with van der Waals surface area (Å²) in [6.07, 6.45) is -1.43. The molecule has 1 N–H and O–H groups in total. The van der Waals surface area contributed by atoms with Gasteiger partial charge in [0.2, 0.25) is 11.8 Å². The number of hydrogen-bond acceptors (Lipinski definition) is 7. The fraction of sp³-hybridized carbons (Fsp3) is 0.483. The lowest BCUT2D eigenvalue weighted by Crippen LogP contribution is -2.62. The van der Waals surface area contributed by atoms with Crippen LogP contribution in [0.25, 0.3) is 21.5 Å². The highest BCUT2D eigenvalue weighted by Crippen LogP contribution is 2.63. The predicted molar refractivity (Wildman–Crippen MR) is 145 cm³/mol. The monoisotopic (exact) mass is 583 g/mol. The van der Waals surface area contributed by atoms with E-state index < -0.39 is 11.9 Å². The fourth-order valence-electron chi connectivity index (χ4n) is 6.95. The van der Waals surface area contributed by atoms with Crippen molar-refractivity contribution < 1.29 is 27.6 Å². The Hall–Kier alpha value is -3.38. The van der Waals surface area contributed by atoms with Gasteiger partial charge < -0.3 is 10.2 Å². The van der Waals surface area contributed by atoms with Crippen LogP contribution in [0.15, 0.2) is 24.4 Å². The molecule has 8 rings (SSSR count). The Kier molecular flexibility index (Phi) is 5.70. The summed E-state index contributed by atoms with van der Waals surface area (Å²) in [5.74, 6) is -1.31. The number of imide groups is 1. The second-order valence-corrected chi connectivity index (χ2v) is 13.3. The van der Waals surface area contributed by atoms with Gasteiger partial charge in [-0.25, -0.2) is 4.98 Å². The number of fused-ring (bicyclic) bond motifs is 5. The average molecular weight is 584 g/mol. The van der Waals surface area contributed by atoms with Crippen LogP contribution in [0.2, 0.25) is 0 Å². The van der Waals surface area contributed by atoms with Crippen LogP contribution in [-0.2, 0) is 22.3 Å². The number of carbonyl (C=O) groups is 3. The summed E-state index contributed by atoms with van der Waals surface area (Å²) < 4.78 is 42.4. The maximum atomic E-state index is 14.0. The lowest BCUT2D eigenvalue weighted by Gasteiger charge is -2.46. The summed E-state index contributed by atoms with van der Waals surface area (Å²) in [6.45, 7) is 6.57. The molecule has 3 amide bonds. The van der Waals surface area contributed by atoms with Gasteiger partial charge in [0.15, 0.2) is 0 Å². The van der Waals surface area contributed by atoms with Crippen LogP contribution < -0.4 is 5.32 Å². The van der Waals surface area contributed by atoms with Gasteiger partial charge >= 0.3 is 6.18 Å². The second kappa shape index (κ2) is 8.81. The van der Waals surface area contributed by atoms with Crippen molar-refractivity contribution in [2.75, 3.05) is 13.1 Å². The first kappa shape index (κ1) is 26.5. The van der Waals surface area contributed by atoms with Gasteiger partial charge in [-0.2, -0.15) is 13.2 Å². The number of hydrogen-bond donors (Lipinski definition) is 1. The van der Waals surface area contributed by atoms with Crippen LogP contribution in [0.4, 0.5) is 13.2 Å². The van der Waals surface area contributed by atoms with E-state index >= 15 is 0 Å². The molecule has 8 nitrogen and oxygen atoms in total. The minimum atomic E-state index is -4.70. The molecule has 4 saturated heterocycles. The molecule has 4 unspecified atom stereocenters. The Bertz CT molecular complexity index is 1620. The Morgan fingerprint density at radius 2 is 1.90 bits per heavy atom. The van der Waals surface area contributed by atoms with Crippen LogP contribution in [0.3, 0.4) is 0 Å². The molecule has 4 aliphatic heterocycles. The number of nitrogens with zero attached hydrogens (tertiary/aromatic N) is 4. The number of piperidine rings is 3. The number of halogens is 3. The number of pyridine rings is 2. The van der Waals surface area contributed by atoms with Crippen molar-refractivity contribution in [3.8, 4) is 11.3 Å². The van der Waals surface area contributed by atoms with Gasteiger partial charge in [0.1, 0.15) is 5.69 Å². The van der Waals surface area contributed by atoms with Crippen molar-refractivity contribution in [3.63, 3.8) is 0 Å². The van der Waals surface area contributed by atoms with Crippen molar-refractivity contribution in [3.05, 3.63) is 46.1 Å². The highest BCUT2D eigenvalue weighted by Gasteiger charge is 2.72. The number of amides is 3. The quantitative estimate of drug-likeness (QED) is 0.458. The van der Waals surface area contributed by atoms with Gasteiger partial charge in [-0.05, 0) is 48.9 Å². The number of piperazine rings is 1. The third kappa shape index (κ3) is 4.01. The van der Waals surface area contributed by atoms with Crippen LogP contribution in [-0.4, -0.2) is 62.7 Å². The summed E-state index contributed by atoms with van der Waals surface area (Å²) in [5, 5.41) is 3.40. The zero-order valence-electron chi connectivity index (χ0n) is 22.7. The van der Waals surface area contributed by atoms with Crippen LogP contribution in [0, 0.1) is 24.2 Å². The van der Waals surface area contributed by atoms with Crippen molar-refractivity contribution in [1.82, 2.24) is 25.1 Å². The minimum Gasteiger partial charge on any atom is -0.333 e. The minimum absolute atomic E-state index is 0.0282. The number of aryl methyl sites for hydroxylation is 1. The molecule has 0 radical (unpaired) electrons. The van der Waals surface area contributed by atoms with E-state index in [1.807, 2.05) is 13.8 Å². The smallest absolute Gasteiger partial charge is 0.333 e. The van der Waals surface area contributed by atoms with E-state index in [0.29, 0.717) is 33.7 Å². The van der Waals surface area contributed by atoms with Gasteiger partial charge in [-0.3, -0.25) is 24.3 Å². The van der Waals surface area contributed by atoms with Crippen molar-refractivity contribution in [1.29, 1.82) is 0 Å². The van der Waals surface area contributed by atoms with E-state index in [2.05, 4.69) is 15.3 Å². The van der Waals surface area contributed by atoms with Crippen LogP contribution in [0.5, 0.6) is 0 Å². The summed E-state index contributed by atoms with van der Waals surface area (Å²) in [4.78, 5) is 52.0. The predicted octanol–water partition coefficient (Wildman–Crippen LogP) is 4.40. The van der Waals surface area contributed by atoms with E-state index in [0.717, 1.165) is 18.9 Å². The highest BCUT2D eigenvalue weighted by atomic mass is 32.1. The number of aromatic nitrogens is 2. The van der Waals surface area contributed by atoms with E-state index in [4.69, 9.17) is 0 Å². The summed E-state index contributed by atoms with van der Waals surface area (Å²) in [5.41, 5.74) is -0.192. The van der Waals surface area contributed by atoms with Crippen molar-refractivity contribution in [2.45, 2.75) is 58.4 Å². The first-order valence-corrected chi connectivity index (χ1v) is 14.5. The Balaban J connectivity index is 1.30. The molecular weight excluding hydrogens is 555 g/mol. The molecular formula is C29H28F3N5O3S. The first-order chi connectivity index (χ1) is 19.4. The summed E-state index contributed by atoms with van der Waals surface area (Å²) in [6, 6.07) is 4.40. The zero-order chi connectivity index (χ0) is 29.0. The largest absolute Gasteiger partial charge is 0.433 e. The number of thiophene rings is 1. The van der Waals surface area contributed by atoms with Gasteiger partial charge in [-0.15, -0.1) is 11.3 Å². The molecule has 5 aliphatic rings. The van der Waals surface area contributed by atoms with Gasteiger partial charge in [0.25, 0.3) is 5.91 Å². The lowest BCUT2D eigenvalue weighted by atomic mass is 9.91. The normalized spacial score (nSPS) is 26.7. The number of alkyl halides is 3. The van der Waals surface area contributed by atoms with Crippen molar-refractivity contribution >= 4 is 39.3 Å². The molecule has 41 heavy (non-hydrogen) atoms. The fourth-order valence-corrected chi connectivity index (χ4v) is 8.07. The molecule has 4 atom stereocenters. The third-order valence-electron chi connectivity index (χ3n) is 9.25. The Morgan fingerprint density at radius 1 is 1.17 bits per heavy atom. The summed E-state index contributed by atoms with van der Waals surface area (Å²) >= 11 is 1.25. The standard InChI is InChI=1S/C29H28F3N5O3S/c1-13-8-19(29(30,31)32)35-23(20(13)25(38)36-11-14-4-5-15(36)10-34-14)17-6-7-33-18-9-16(41-24(17)18)12-37-26(39)21-22(27(37)40)28(21,2)3/h6-9,14-15,21-22,34H,4-5,10-12H2,1-3H3. The number of nitrogens with one attached hydrogen (secondary N) is 1. The number of rotatable bonds is 4. The zero-order valence-corrected chi connectivity index (χ0v) is 23.5. The molecule has 12 heteroatoms. The molecule has 214 valence electrons. The lowest BCUT2D eigenvalue weighted by molar-refractivity contribution is -0.144. The number of likely N-dealkylation sites (tertiary alicyclic amines) is 1. The summed E-state index contributed by atoms with van der Waals surface area (Å²) in [7, 11) is 0. The Morgan fingerprint density at radius 3 is 2.51 bits per heavy atom. The molecule has 3 aromatic heterocycles. The van der Waals surface area contributed by atoms with Gasteiger partial charge in [-0.1, -0.05) is 13.8 Å². The maximum Gasteiger partial charge on any atom is 0.433 e. The third-order valence-corrected chi connectivity index (χ3v) is 10.4. The highest BCUT2D eigenvalue weighted by molar-refractivity contribution is 7.19. The van der Waals surface area contributed by atoms with E-state index in [1.54, 1.807) is 17.0 Å². The van der Waals surface area contributed by atoms with E-state index in [-0.39, 0.29) is 70.4 Å². The van der Waals surface area contributed by atoms with Gasteiger partial charge in [0.05, 0.1) is 39.9 Å². The topological polar surface area (TPSA) is 95.5 Å². The molecule has 1 aliphatic carbocycles. The molecule has 7 heterocycles. The molecule has 3 aromatic rings. The SMILES string of the molecule is Cc1cc(C(F)(F)F)nc(-c2ccnc3cc(CN4C(=O)C5C(C4=O)C5(C)C)sc23)c1C(=O)N1CC2CCC1CN2. The van der Waals surface area contributed by atoms with Gasteiger partial charge in [0, 0.05) is 41.8 Å². The van der Waals surface area contributed by atoms with E-state index in [9.17, 15) is 27.6 Å². The second-order valence-electron chi connectivity index (χ2n) is 12.2. The molecule has 0 spiro atoms. The average Bonchev–Trinajstić information content (AvgIpc) is 3.17. The molecule has 1 saturated carbocycles. The van der Waals surface area contributed by atoms with Crippen LogP contribution >= 0.6 is 11.3 Å². The molecule has 2 bridgehead atoms.